The third-order valence-electron chi connectivity index (χ3n) is 4.83. The first kappa shape index (κ1) is 19.3. The highest BCUT2D eigenvalue weighted by atomic mass is 19.3. The van der Waals surface area contributed by atoms with Crippen molar-refractivity contribution in [1.82, 2.24) is 19.9 Å². The van der Waals surface area contributed by atoms with E-state index in [1.807, 2.05) is 17.2 Å². The van der Waals surface area contributed by atoms with Crippen molar-refractivity contribution in [3.63, 3.8) is 0 Å². The van der Waals surface area contributed by atoms with Crippen LogP contribution in [0.1, 0.15) is 39.5 Å². The van der Waals surface area contributed by atoms with Crippen LogP contribution in [0.4, 0.5) is 14.6 Å². The molecule has 1 amide bonds. The molecular weight excluding hydrogens is 352 g/mol. The van der Waals surface area contributed by atoms with E-state index in [1.165, 1.54) is 0 Å². The van der Waals surface area contributed by atoms with Crippen molar-refractivity contribution in [1.29, 1.82) is 0 Å². The van der Waals surface area contributed by atoms with Crippen molar-refractivity contribution in [2.45, 2.75) is 57.5 Å². The van der Waals surface area contributed by atoms with Crippen LogP contribution in [-0.4, -0.2) is 50.3 Å². The zero-order chi connectivity index (χ0) is 19.6. The molecular formula is C19H25F2N5O. The van der Waals surface area contributed by atoms with Crippen LogP contribution in [0.25, 0.3) is 11.0 Å². The lowest BCUT2D eigenvalue weighted by atomic mass is 9.98. The van der Waals surface area contributed by atoms with Gasteiger partial charge in [-0.1, -0.05) is 6.58 Å². The Morgan fingerprint density at radius 2 is 2.07 bits per heavy atom. The number of amides is 1. The number of hydrogen-bond donors (Lipinski definition) is 2. The summed E-state index contributed by atoms with van der Waals surface area (Å²) in [5.74, 6) is -1.40. The van der Waals surface area contributed by atoms with Gasteiger partial charge in [0.1, 0.15) is 17.8 Å². The van der Waals surface area contributed by atoms with Crippen molar-refractivity contribution in [2.75, 3.05) is 11.9 Å². The average Bonchev–Trinajstić information content (AvgIpc) is 3.11. The van der Waals surface area contributed by atoms with Crippen molar-refractivity contribution < 1.29 is 13.6 Å². The maximum Gasteiger partial charge on any atom is 0.249 e. The molecule has 2 aromatic heterocycles. The predicted octanol–water partition coefficient (Wildman–Crippen LogP) is 3.74. The molecule has 6 nitrogen and oxygen atoms in total. The maximum absolute atomic E-state index is 12.2. The lowest BCUT2D eigenvalue weighted by molar-refractivity contribution is -0.130. The van der Waals surface area contributed by atoms with E-state index in [4.69, 9.17) is 0 Å². The number of nitrogens with zero attached hydrogens (tertiary/aromatic N) is 3. The molecule has 146 valence electrons. The normalized spacial score (nSPS) is 23.3. The molecule has 3 heterocycles. The van der Waals surface area contributed by atoms with E-state index in [0.29, 0.717) is 12.1 Å². The molecule has 2 atom stereocenters. The van der Waals surface area contributed by atoms with Gasteiger partial charge in [0.05, 0.1) is 5.39 Å². The number of H-pyrrole nitrogens is 1. The molecule has 2 fully saturated rings. The Morgan fingerprint density at radius 3 is 2.70 bits per heavy atom. The molecule has 2 unspecified atom stereocenters. The molecule has 4 rings (SSSR count). The molecule has 2 N–H and O–H groups in total. The van der Waals surface area contributed by atoms with Crippen LogP contribution in [0.3, 0.4) is 0 Å². The summed E-state index contributed by atoms with van der Waals surface area (Å²) in [6.45, 7) is 8.29. The number of halogens is 2. The summed E-state index contributed by atoms with van der Waals surface area (Å²) < 4.78 is 22.3. The van der Waals surface area contributed by atoms with Crippen molar-refractivity contribution in [3.8, 4) is 0 Å². The van der Waals surface area contributed by atoms with E-state index < -0.39 is 5.92 Å². The fourth-order valence-electron chi connectivity index (χ4n) is 3.03. The Labute approximate surface area is 157 Å². The van der Waals surface area contributed by atoms with E-state index in [1.54, 1.807) is 13.3 Å². The topological polar surface area (TPSA) is 73.9 Å². The Balaban J connectivity index is 0.000000364. The maximum atomic E-state index is 12.2. The molecule has 0 bridgehead atoms. The van der Waals surface area contributed by atoms with Gasteiger partial charge in [0.2, 0.25) is 11.8 Å². The number of nitrogens with one attached hydrogen (secondary N) is 2. The number of piperidine rings is 1. The fraction of sp³-hybridized carbons (Fsp3) is 0.526. The lowest BCUT2D eigenvalue weighted by Crippen LogP contribution is -2.50. The molecule has 2 aromatic rings. The molecule has 0 spiro atoms. The fourth-order valence-corrected chi connectivity index (χ4v) is 3.03. The zero-order valence-corrected chi connectivity index (χ0v) is 15.6. The molecule has 1 aliphatic heterocycles. The molecule has 1 saturated carbocycles. The van der Waals surface area contributed by atoms with Crippen LogP contribution >= 0.6 is 0 Å². The van der Waals surface area contributed by atoms with E-state index in [-0.39, 0.29) is 30.8 Å². The Kier molecular flexibility index (Phi) is 5.43. The quantitative estimate of drug-likeness (QED) is 0.799. The number of likely N-dealkylation sites (tertiary alicyclic amines) is 1. The first-order chi connectivity index (χ1) is 12.8. The number of fused-ring (bicyclic) bond motifs is 1. The van der Waals surface area contributed by atoms with Crippen LogP contribution in [0.5, 0.6) is 0 Å². The second-order valence-corrected chi connectivity index (χ2v) is 7.32. The van der Waals surface area contributed by atoms with Crippen LogP contribution in [0.15, 0.2) is 30.7 Å². The van der Waals surface area contributed by atoms with Crippen LogP contribution < -0.4 is 5.32 Å². The van der Waals surface area contributed by atoms with E-state index in [0.717, 1.165) is 29.7 Å². The average molecular weight is 377 g/mol. The SMILES string of the molecule is C=C(C)C(=O)N1CC(Nc2ncnc3[nH]ccc23)CCC1C.FC1(F)CC1. The van der Waals surface area contributed by atoms with Gasteiger partial charge in [-0.3, -0.25) is 4.79 Å². The summed E-state index contributed by atoms with van der Waals surface area (Å²) >= 11 is 0. The minimum Gasteiger partial charge on any atom is -0.365 e. The number of aromatic amines is 1. The first-order valence-electron chi connectivity index (χ1n) is 9.16. The Morgan fingerprint density at radius 1 is 1.37 bits per heavy atom. The minimum absolute atomic E-state index is 0.0356. The molecule has 27 heavy (non-hydrogen) atoms. The molecule has 0 aromatic carbocycles. The lowest BCUT2D eigenvalue weighted by Gasteiger charge is -2.38. The molecule has 2 aliphatic rings. The number of rotatable bonds is 3. The van der Waals surface area contributed by atoms with E-state index in [9.17, 15) is 13.6 Å². The van der Waals surface area contributed by atoms with Gasteiger partial charge in [-0.2, -0.15) is 0 Å². The molecule has 1 saturated heterocycles. The summed E-state index contributed by atoms with van der Waals surface area (Å²) in [5, 5.41) is 4.43. The Bertz CT molecular complexity index is 828. The second kappa shape index (κ2) is 7.62. The predicted molar refractivity (Wildman–Crippen MR) is 101 cm³/mol. The number of hydrogen-bond acceptors (Lipinski definition) is 4. The highest BCUT2D eigenvalue weighted by molar-refractivity contribution is 5.92. The van der Waals surface area contributed by atoms with Crippen LogP contribution in [0, 0.1) is 0 Å². The first-order valence-corrected chi connectivity index (χ1v) is 9.16. The summed E-state index contributed by atoms with van der Waals surface area (Å²) in [7, 11) is 0. The van der Waals surface area contributed by atoms with Gasteiger partial charge in [0.25, 0.3) is 0 Å². The van der Waals surface area contributed by atoms with Gasteiger partial charge in [-0.15, -0.1) is 0 Å². The van der Waals surface area contributed by atoms with Crippen molar-refractivity contribution in [2.24, 2.45) is 0 Å². The summed E-state index contributed by atoms with van der Waals surface area (Å²) in [5.41, 5.74) is 1.40. The number of aromatic nitrogens is 3. The number of carbonyl (C=O) groups excluding carboxylic acids is 1. The van der Waals surface area contributed by atoms with Crippen molar-refractivity contribution >= 4 is 22.8 Å². The summed E-state index contributed by atoms with van der Waals surface area (Å²) in [6, 6.07) is 2.40. The monoisotopic (exact) mass is 377 g/mol. The largest absolute Gasteiger partial charge is 0.365 e. The van der Waals surface area contributed by atoms with Gasteiger partial charge in [0, 0.05) is 43.2 Å². The Hall–Kier alpha value is -2.51. The highest BCUT2D eigenvalue weighted by Gasteiger charge is 2.43. The zero-order valence-electron chi connectivity index (χ0n) is 15.6. The smallest absolute Gasteiger partial charge is 0.249 e. The van der Waals surface area contributed by atoms with Crippen molar-refractivity contribution in [3.05, 3.63) is 30.7 Å². The van der Waals surface area contributed by atoms with E-state index >= 15 is 0 Å². The van der Waals surface area contributed by atoms with Gasteiger partial charge >= 0.3 is 0 Å². The summed E-state index contributed by atoms with van der Waals surface area (Å²) in [6.07, 6.45) is 5.61. The third-order valence-corrected chi connectivity index (χ3v) is 4.83. The molecule has 8 heteroatoms. The number of anilines is 1. The van der Waals surface area contributed by atoms with Crippen LogP contribution in [0.2, 0.25) is 0 Å². The third kappa shape index (κ3) is 4.81. The summed E-state index contributed by atoms with van der Waals surface area (Å²) in [4.78, 5) is 25.8. The van der Waals surface area contributed by atoms with Gasteiger partial charge < -0.3 is 15.2 Å². The van der Waals surface area contributed by atoms with Gasteiger partial charge in [0.15, 0.2) is 0 Å². The second-order valence-electron chi connectivity index (χ2n) is 7.32. The minimum atomic E-state index is -2.25. The molecule has 0 radical (unpaired) electrons. The number of carbonyl (C=O) groups is 1. The van der Waals surface area contributed by atoms with Gasteiger partial charge in [-0.05, 0) is 32.8 Å². The standard InChI is InChI=1S/C16H21N5O.C3H4F2/c1-10(2)16(22)21-8-12(5-4-11(21)3)20-15-13-6-7-17-14(13)18-9-19-15;4-3(5)1-2-3/h6-7,9,11-12H,1,4-5,8H2,2-3H3,(H2,17,18,19,20);1-2H2. The highest BCUT2D eigenvalue weighted by Crippen LogP contribution is 2.40. The number of alkyl halides is 2. The molecule has 1 aliphatic carbocycles. The van der Waals surface area contributed by atoms with Gasteiger partial charge in [-0.25, -0.2) is 18.7 Å². The van der Waals surface area contributed by atoms with E-state index in [2.05, 4.69) is 33.8 Å². The van der Waals surface area contributed by atoms with Crippen LogP contribution in [-0.2, 0) is 4.79 Å².